The second kappa shape index (κ2) is 8.53. The van der Waals surface area contributed by atoms with Gasteiger partial charge in [-0.05, 0) is 24.1 Å². The fourth-order valence-electron chi connectivity index (χ4n) is 2.48. The van der Waals surface area contributed by atoms with Crippen LogP contribution in [-0.2, 0) is 0 Å². The molecule has 0 unspecified atom stereocenters. The molecular formula is C18H25N3O4. The van der Waals surface area contributed by atoms with Gasteiger partial charge in [-0.2, -0.15) is 5.10 Å². The Morgan fingerprint density at radius 1 is 1.32 bits per heavy atom. The quantitative estimate of drug-likeness (QED) is 0.680. The van der Waals surface area contributed by atoms with Crippen molar-refractivity contribution < 1.29 is 19.4 Å². The van der Waals surface area contributed by atoms with Gasteiger partial charge in [0.15, 0.2) is 0 Å². The van der Waals surface area contributed by atoms with Crippen LogP contribution in [0.1, 0.15) is 30.8 Å². The van der Waals surface area contributed by atoms with E-state index in [1.807, 2.05) is 19.9 Å². The standard InChI is InChI=1S/C18H25N3O4/c1-5-11(2)16(10-22)19-18(23)15-9-14(20-21-15)13-7-6-12(24-3)8-17(13)25-4/h6-9,11,16,22H,5,10H2,1-4H3,(H,19,23)(H,20,21)/t11-,16-/m1/s1. The van der Waals surface area contributed by atoms with Crippen molar-refractivity contribution in [1.82, 2.24) is 15.5 Å². The van der Waals surface area contributed by atoms with Crippen LogP contribution in [0.4, 0.5) is 0 Å². The van der Waals surface area contributed by atoms with Gasteiger partial charge in [0, 0.05) is 11.6 Å². The molecular weight excluding hydrogens is 322 g/mol. The van der Waals surface area contributed by atoms with Crippen molar-refractivity contribution in [3.8, 4) is 22.8 Å². The Kier molecular flexibility index (Phi) is 6.41. The molecule has 0 saturated carbocycles. The van der Waals surface area contributed by atoms with Crippen molar-refractivity contribution in [2.75, 3.05) is 20.8 Å². The third-order valence-corrected chi connectivity index (χ3v) is 4.35. The summed E-state index contributed by atoms with van der Waals surface area (Å²) in [5.74, 6) is 1.16. The topological polar surface area (TPSA) is 96.5 Å². The number of aliphatic hydroxyl groups is 1. The molecule has 2 rings (SSSR count). The Balaban J connectivity index is 2.21. The molecule has 0 bridgehead atoms. The van der Waals surface area contributed by atoms with E-state index in [0.29, 0.717) is 22.9 Å². The number of aromatic amines is 1. The zero-order valence-electron chi connectivity index (χ0n) is 15.0. The number of carbonyl (C=O) groups excluding carboxylic acids is 1. The SMILES string of the molecule is CC[C@@H](C)[C@@H](CO)NC(=O)c1cc(-c2ccc(OC)cc2OC)n[nH]1. The molecule has 25 heavy (non-hydrogen) atoms. The molecule has 0 aliphatic carbocycles. The van der Waals surface area contributed by atoms with Crippen molar-refractivity contribution in [1.29, 1.82) is 0 Å². The summed E-state index contributed by atoms with van der Waals surface area (Å²) in [5, 5.41) is 19.2. The molecule has 3 N–H and O–H groups in total. The fourth-order valence-corrected chi connectivity index (χ4v) is 2.48. The van der Waals surface area contributed by atoms with Crippen LogP contribution in [0.5, 0.6) is 11.5 Å². The molecule has 7 nitrogen and oxygen atoms in total. The Morgan fingerprint density at radius 2 is 2.08 bits per heavy atom. The van der Waals surface area contributed by atoms with Gasteiger partial charge in [0.05, 0.1) is 32.6 Å². The lowest BCUT2D eigenvalue weighted by atomic mass is 10.00. The highest BCUT2D eigenvalue weighted by Gasteiger charge is 2.20. The predicted octanol–water partition coefficient (Wildman–Crippen LogP) is 2.23. The largest absolute Gasteiger partial charge is 0.497 e. The minimum absolute atomic E-state index is 0.103. The average molecular weight is 347 g/mol. The number of ether oxygens (including phenoxy) is 2. The highest BCUT2D eigenvalue weighted by molar-refractivity contribution is 5.93. The monoisotopic (exact) mass is 347 g/mol. The smallest absolute Gasteiger partial charge is 0.269 e. The molecule has 0 radical (unpaired) electrons. The zero-order valence-corrected chi connectivity index (χ0v) is 15.0. The number of hydrogen-bond donors (Lipinski definition) is 3. The number of amides is 1. The third-order valence-electron chi connectivity index (χ3n) is 4.35. The van der Waals surface area contributed by atoms with Crippen molar-refractivity contribution >= 4 is 5.91 Å². The van der Waals surface area contributed by atoms with Gasteiger partial charge in [-0.1, -0.05) is 20.3 Å². The Bertz CT molecular complexity index is 714. The summed E-state index contributed by atoms with van der Waals surface area (Å²) in [5.41, 5.74) is 1.67. The van der Waals surface area contributed by atoms with Gasteiger partial charge >= 0.3 is 0 Å². The summed E-state index contributed by atoms with van der Waals surface area (Å²) in [7, 11) is 3.15. The van der Waals surface area contributed by atoms with E-state index in [1.165, 1.54) is 0 Å². The number of nitrogens with one attached hydrogen (secondary N) is 2. The molecule has 2 atom stereocenters. The lowest BCUT2D eigenvalue weighted by Crippen LogP contribution is -2.42. The van der Waals surface area contributed by atoms with Crippen LogP contribution >= 0.6 is 0 Å². The van der Waals surface area contributed by atoms with E-state index in [4.69, 9.17) is 9.47 Å². The molecule has 1 heterocycles. The Morgan fingerprint density at radius 3 is 2.68 bits per heavy atom. The van der Waals surface area contributed by atoms with Gasteiger partial charge in [0.1, 0.15) is 17.2 Å². The second-order valence-electron chi connectivity index (χ2n) is 5.88. The first-order valence-electron chi connectivity index (χ1n) is 8.23. The van der Waals surface area contributed by atoms with Gasteiger partial charge in [0.25, 0.3) is 5.91 Å². The summed E-state index contributed by atoms with van der Waals surface area (Å²) in [6.07, 6.45) is 0.864. The third kappa shape index (κ3) is 4.30. The van der Waals surface area contributed by atoms with Gasteiger partial charge in [-0.25, -0.2) is 0 Å². The molecule has 2 aromatic rings. The molecule has 1 aromatic carbocycles. The number of aliphatic hydroxyl groups excluding tert-OH is 1. The zero-order chi connectivity index (χ0) is 18.4. The van der Waals surface area contributed by atoms with Crippen LogP contribution in [0.2, 0.25) is 0 Å². The van der Waals surface area contributed by atoms with Crippen LogP contribution in [0.3, 0.4) is 0 Å². The number of benzene rings is 1. The minimum Gasteiger partial charge on any atom is -0.497 e. The van der Waals surface area contributed by atoms with Gasteiger partial charge in [-0.15, -0.1) is 0 Å². The van der Waals surface area contributed by atoms with Gasteiger partial charge < -0.3 is 19.9 Å². The summed E-state index contributed by atoms with van der Waals surface area (Å²) in [4.78, 5) is 12.4. The van der Waals surface area contributed by atoms with E-state index in [-0.39, 0.29) is 24.5 Å². The summed E-state index contributed by atoms with van der Waals surface area (Å²) in [6.45, 7) is 3.90. The maximum Gasteiger partial charge on any atom is 0.269 e. The van der Waals surface area contributed by atoms with Gasteiger partial charge in [0.2, 0.25) is 0 Å². The number of methoxy groups -OCH3 is 2. The first kappa shape index (κ1) is 18.8. The molecule has 7 heteroatoms. The minimum atomic E-state index is -0.300. The fraction of sp³-hybridized carbons (Fsp3) is 0.444. The molecule has 136 valence electrons. The Hall–Kier alpha value is -2.54. The molecule has 0 spiro atoms. The number of hydrogen-bond acceptors (Lipinski definition) is 5. The van der Waals surface area contributed by atoms with Crippen LogP contribution in [-0.4, -0.2) is 48.1 Å². The number of aromatic nitrogens is 2. The van der Waals surface area contributed by atoms with Crippen LogP contribution in [0.15, 0.2) is 24.3 Å². The molecule has 0 aliphatic rings. The Labute approximate surface area is 147 Å². The lowest BCUT2D eigenvalue weighted by molar-refractivity contribution is 0.0886. The highest BCUT2D eigenvalue weighted by Crippen LogP contribution is 2.32. The second-order valence-corrected chi connectivity index (χ2v) is 5.88. The lowest BCUT2D eigenvalue weighted by Gasteiger charge is -2.21. The van der Waals surface area contributed by atoms with Crippen LogP contribution < -0.4 is 14.8 Å². The predicted molar refractivity (Wildman–Crippen MR) is 94.9 cm³/mol. The summed E-state index contributed by atoms with van der Waals surface area (Å²) in [6, 6.07) is 6.75. The van der Waals surface area contributed by atoms with E-state index in [1.54, 1.807) is 32.4 Å². The van der Waals surface area contributed by atoms with E-state index in [2.05, 4.69) is 15.5 Å². The highest BCUT2D eigenvalue weighted by atomic mass is 16.5. The van der Waals surface area contributed by atoms with Gasteiger partial charge in [-0.3, -0.25) is 9.89 Å². The molecule has 1 amide bonds. The number of carbonyl (C=O) groups is 1. The normalized spacial score (nSPS) is 13.2. The average Bonchev–Trinajstić information content (AvgIpc) is 3.14. The molecule has 1 aromatic heterocycles. The summed E-state index contributed by atoms with van der Waals surface area (Å²) >= 11 is 0. The molecule has 0 saturated heterocycles. The maximum atomic E-state index is 12.4. The van der Waals surface area contributed by atoms with Crippen LogP contribution in [0.25, 0.3) is 11.3 Å². The first-order chi connectivity index (χ1) is 12.0. The van der Waals surface area contributed by atoms with E-state index < -0.39 is 0 Å². The number of rotatable bonds is 8. The van der Waals surface area contributed by atoms with Crippen LogP contribution in [0, 0.1) is 5.92 Å². The van der Waals surface area contributed by atoms with Crippen molar-refractivity contribution in [3.63, 3.8) is 0 Å². The molecule has 0 aliphatic heterocycles. The van der Waals surface area contributed by atoms with Crippen molar-refractivity contribution in [2.24, 2.45) is 5.92 Å². The summed E-state index contributed by atoms with van der Waals surface area (Å²) < 4.78 is 10.6. The van der Waals surface area contributed by atoms with Crippen molar-refractivity contribution in [2.45, 2.75) is 26.3 Å². The van der Waals surface area contributed by atoms with E-state index >= 15 is 0 Å². The van der Waals surface area contributed by atoms with E-state index in [9.17, 15) is 9.90 Å². The first-order valence-corrected chi connectivity index (χ1v) is 8.23. The maximum absolute atomic E-state index is 12.4. The number of nitrogens with zero attached hydrogens (tertiary/aromatic N) is 1. The van der Waals surface area contributed by atoms with E-state index in [0.717, 1.165) is 12.0 Å². The van der Waals surface area contributed by atoms with Crippen molar-refractivity contribution in [3.05, 3.63) is 30.0 Å². The number of H-pyrrole nitrogens is 1. The molecule has 0 fully saturated rings.